The number of aromatic hydroxyl groups is 1. The normalized spacial score (nSPS) is 12.2. The van der Waals surface area contributed by atoms with Gasteiger partial charge in [-0.3, -0.25) is 4.79 Å². The number of nitrogens with one attached hydrogen (secondary N) is 2. The van der Waals surface area contributed by atoms with Crippen molar-refractivity contribution in [2.24, 2.45) is 0 Å². The fraction of sp³-hybridized carbons (Fsp3) is 0.174. The summed E-state index contributed by atoms with van der Waals surface area (Å²) >= 11 is -1.44. The number of aliphatic hydroxyl groups excluding tert-OH is 1. The van der Waals surface area contributed by atoms with Crippen molar-refractivity contribution in [1.29, 1.82) is 0 Å². The number of anilines is 2. The van der Waals surface area contributed by atoms with E-state index in [0.29, 0.717) is 16.8 Å². The third kappa shape index (κ3) is 6.34. The van der Waals surface area contributed by atoms with Gasteiger partial charge in [-0.1, -0.05) is 12.1 Å². The van der Waals surface area contributed by atoms with Crippen LogP contribution in [-0.4, -0.2) is 40.1 Å². The number of amides is 1. The van der Waals surface area contributed by atoms with Gasteiger partial charge in [-0.05, 0) is 54.1 Å². The number of hydrogen-bond donors (Lipinski definition) is 4. The summed E-state index contributed by atoms with van der Waals surface area (Å²) < 4.78 is 58.1. The van der Waals surface area contributed by atoms with Gasteiger partial charge >= 0.3 is 6.18 Å². The van der Waals surface area contributed by atoms with Gasteiger partial charge in [0.15, 0.2) is 0 Å². The summed E-state index contributed by atoms with van der Waals surface area (Å²) in [6.07, 6.45) is -3.08. The Labute approximate surface area is 196 Å². The summed E-state index contributed by atoms with van der Waals surface area (Å²) in [6, 6.07) is 13.1. The predicted octanol–water partition coefficient (Wildman–Crippen LogP) is 4.41. The van der Waals surface area contributed by atoms with Gasteiger partial charge in [-0.2, -0.15) is 13.2 Å². The number of benzene rings is 3. The number of aliphatic hydroxyl groups is 1. The highest BCUT2D eigenvalue weighted by Crippen LogP contribution is 2.35. The molecular weight excluding hydrogens is 473 g/mol. The quantitative estimate of drug-likeness (QED) is 0.210. The fourth-order valence-corrected chi connectivity index (χ4v) is 3.54. The van der Waals surface area contributed by atoms with Crippen LogP contribution in [0.4, 0.5) is 24.5 Å². The number of ether oxygens (including phenoxy) is 1. The van der Waals surface area contributed by atoms with E-state index in [-0.39, 0.29) is 36.0 Å². The van der Waals surface area contributed by atoms with Crippen molar-refractivity contribution < 1.29 is 37.5 Å². The highest BCUT2D eigenvalue weighted by molar-refractivity contribution is 7.92. The van der Waals surface area contributed by atoms with E-state index >= 15 is 0 Å². The Bertz CT molecular complexity index is 1150. The predicted molar refractivity (Wildman–Crippen MR) is 123 cm³/mol. The first kappa shape index (κ1) is 25.2. The van der Waals surface area contributed by atoms with Gasteiger partial charge in [0, 0.05) is 16.8 Å². The molecule has 1 unspecified atom stereocenters. The van der Waals surface area contributed by atoms with Gasteiger partial charge in [-0.25, -0.2) is 4.72 Å². The first-order valence-electron chi connectivity index (χ1n) is 9.88. The first-order chi connectivity index (χ1) is 16.1. The Kier molecular flexibility index (Phi) is 7.92. The minimum atomic E-state index is -4.47. The smallest absolute Gasteiger partial charge is 0.416 e. The number of halogens is 3. The third-order valence-electron chi connectivity index (χ3n) is 4.62. The largest absolute Gasteiger partial charge is 0.593 e. The van der Waals surface area contributed by atoms with Gasteiger partial charge in [0.05, 0.1) is 23.5 Å². The molecule has 1 amide bonds. The van der Waals surface area contributed by atoms with Gasteiger partial charge in [0.25, 0.3) is 5.91 Å². The number of rotatable bonds is 8. The molecule has 0 saturated heterocycles. The Hall–Kier alpha value is -3.41. The number of hydrogen-bond acceptors (Lipinski definition) is 6. The standard InChI is InChI=1S/C23H21F3N2O5S/c1-34(32)28-19-13-17(7-9-20(19)30)27-22(31)15-4-8-18(21(12-15)33-11-10-29)14-2-5-16(6-3-14)23(24,25)26/h2-9,12-13,28-30H,10-11H2,1H3,(H,27,31). The van der Waals surface area contributed by atoms with Crippen molar-refractivity contribution in [3.8, 4) is 22.6 Å². The minimum Gasteiger partial charge on any atom is -0.593 e. The molecule has 11 heteroatoms. The molecule has 7 nitrogen and oxygen atoms in total. The van der Waals surface area contributed by atoms with E-state index in [1.54, 1.807) is 0 Å². The second-order valence-corrected chi connectivity index (χ2v) is 8.21. The summed E-state index contributed by atoms with van der Waals surface area (Å²) in [7, 11) is 0. The zero-order valence-corrected chi connectivity index (χ0v) is 18.7. The average Bonchev–Trinajstić information content (AvgIpc) is 2.79. The molecule has 0 radical (unpaired) electrons. The molecule has 0 aromatic heterocycles. The molecule has 0 spiro atoms. The van der Waals surface area contributed by atoms with Gasteiger partial charge in [0.1, 0.15) is 30.0 Å². The van der Waals surface area contributed by atoms with Crippen molar-refractivity contribution in [3.05, 3.63) is 71.8 Å². The lowest BCUT2D eigenvalue weighted by atomic mass is 10.0. The van der Waals surface area contributed by atoms with Gasteiger partial charge in [0.2, 0.25) is 0 Å². The maximum atomic E-state index is 12.9. The van der Waals surface area contributed by atoms with E-state index in [2.05, 4.69) is 10.0 Å². The lowest BCUT2D eigenvalue weighted by Gasteiger charge is -2.15. The van der Waals surface area contributed by atoms with Crippen molar-refractivity contribution in [1.82, 2.24) is 0 Å². The number of phenols is 1. The summed E-state index contributed by atoms with van der Waals surface area (Å²) in [5.74, 6) is -0.466. The first-order valence-corrected chi connectivity index (χ1v) is 11.4. The van der Waals surface area contributed by atoms with E-state index in [1.807, 2.05) is 0 Å². The van der Waals surface area contributed by atoms with E-state index in [4.69, 9.17) is 9.84 Å². The van der Waals surface area contributed by atoms with Crippen LogP contribution in [0.15, 0.2) is 60.7 Å². The summed E-state index contributed by atoms with van der Waals surface area (Å²) in [5.41, 5.74) is 0.767. The number of phenolic OH excluding ortho intramolecular Hbond substituents is 1. The molecule has 0 heterocycles. The van der Waals surface area contributed by atoms with Crippen LogP contribution in [0.25, 0.3) is 11.1 Å². The SMILES string of the molecule is C[S+]([O-])Nc1cc(NC(=O)c2ccc(-c3ccc(C(F)(F)F)cc3)c(OCCO)c2)ccc1O. The van der Waals surface area contributed by atoms with Crippen LogP contribution in [0.1, 0.15) is 15.9 Å². The van der Waals surface area contributed by atoms with Crippen LogP contribution in [0.3, 0.4) is 0 Å². The molecule has 34 heavy (non-hydrogen) atoms. The summed E-state index contributed by atoms with van der Waals surface area (Å²) in [4.78, 5) is 12.8. The van der Waals surface area contributed by atoms with Crippen LogP contribution in [0.2, 0.25) is 0 Å². The van der Waals surface area contributed by atoms with Crippen molar-refractivity contribution in [2.75, 3.05) is 29.5 Å². The minimum absolute atomic E-state index is 0.0835. The molecule has 0 aliphatic heterocycles. The molecule has 0 saturated carbocycles. The molecule has 0 aliphatic carbocycles. The number of carbonyl (C=O) groups excluding carboxylic acids is 1. The molecule has 0 fully saturated rings. The second-order valence-electron chi connectivity index (χ2n) is 7.10. The number of carbonyl (C=O) groups is 1. The van der Waals surface area contributed by atoms with Crippen LogP contribution in [0, 0.1) is 0 Å². The maximum Gasteiger partial charge on any atom is 0.416 e. The Morgan fingerprint density at radius 2 is 1.79 bits per heavy atom. The molecule has 3 aromatic carbocycles. The van der Waals surface area contributed by atoms with Crippen LogP contribution < -0.4 is 14.8 Å². The third-order valence-corrected chi connectivity index (χ3v) is 5.13. The molecule has 4 N–H and O–H groups in total. The monoisotopic (exact) mass is 494 g/mol. The maximum absolute atomic E-state index is 12.9. The molecule has 3 aromatic rings. The van der Waals surface area contributed by atoms with Gasteiger partial charge < -0.3 is 24.8 Å². The average molecular weight is 494 g/mol. The van der Waals surface area contributed by atoms with Crippen molar-refractivity contribution >= 4 is 28.6 Å². The molecule has 0 bridgehead atoms. The zero-order valence-electron chi connectivity index (χ0n) is 17.8. The van der Waals surface area contributed by atoms with E-state index in [0.717, 1.165) is 12.1 Å². The Morgan fingerprint density at radius 1 is 1.09 bits per heavy atom. The molecule has 3 rings (SSSR count). The Balaban J connectivity index is 1.87. The fourth-order valence-electron chi connectivity index (χ4n) is 3.07. The van der Waals surface area contributed by atoms with E-state index in [1.165, 1.54) is 54.8 Å². The molecule has 180 valence electrons. The van der Waals surface area contributed by atoms with Crippen LogP contribution >= 0.6 is 0 Å². The highest BCUT2D eigenvalue weighted by atomic mass is 32.2. The summed E-state index contributed by atoms with van der Waals surface area (Å²) in [6.45, 7) is -0.384. The Morgan fingerprint density at radius 3 is 2.41 bits per heavy atom. The van der Waals surface area contributed by atoms with E-state index < -0.39 is 29.0 Å². The highest BCUT2D eigenvalue weighted by Gasteiger charge is 2.30. The van der Waals surface area contributed by atoms with Crippen molar-refractivity contribution in [3.63, 3.8) is 0 Å². The molecular formula is C23H21F3N2O5S. The van der Waals surface area contributed by atoms with E-state index in [9.17, 15) is 27.6 Å². The summed E-state index contributed by atoms with van der Waals surface area (Å²) in [5, 5.41) is 21.6. The zero-order chi connectivity index (χ0) is 24.9. The lowest BCUT2D eigenvalue weighted by molar-refractivity contribution is -0.137. The van der Waals surface area contributed by atoms with Crippen LogP contribution in [0.5, 0.6) is 11.5 Å². The van der Waals surface area contributed by atoms with Crippen molar-refractivity contribution in [2.45, 2.75) is 6.18 Å². The molecule has 0 aliphatic rings. The second kappa shape index (κ2) is 10.7. The molecule has 1 atom stereocenters. The van der Waals surface area contributed by atoms with Gasteiger partial charge in [-0.15, -0.1) is 0 Å². The van der Waals surface area contributed by atoms with Crippen LogP contribution in [-0.2, 0) is 17.5 Å². The number of alkyl halides is 3. The topological polar surface area (TPSA) is 114 Å². The lowest BCUT2D eigenvalue weighted by Crippen LogP contribution is -2.14.